The first kappa shape index (κ1) is 16.5. The molecule has 1 aromatic heterocycles. The van der Waals surface area contributed by atoms with Crippen LogP contribution in [0.3, 0.4) is 0 Å². The number of aromatic amines is 1. The van der Waals surface area contributed by atoms with Gasteiger partial charge in [-0.15, -0.1) is 0 Å². The molecule has 0 radical (unpaired) electrons. The number of aromatic nitrogens is 2. The van der Waals surface area contributed by atoms with E-state index in [0.717, 1.165) is 5.56 Å². The molecule has 0 aliphatic rings. The zero-order chi connectivity index (χ0) is 16.1. The van der Waals surface area contributed by atoms with Gasteiger partial charge in [0.2, 0.25) is 0 Å². The topological polar surface area (TPSA) is 78.0 Å². The van der Waals surface area contributed by atoms with Gasteiger partial charge < -0.3 is 10.4 Å². The molecule has 0 saturated carbocycles. The number of carbonyl (C=O) groups excluding carboxylic acids is 1. The zero-order valence-electron chi connectivity index (χ0n) is 12.6. The van der Waals surface area contributed by atoms with Crippen LogP contribution in [0, 0.1) is 5.92 Å². The molecule has 2 unspecified atom stereocenters. The molecule has 0 aliphatic carbocycles. The Balaban J connectivity index is 1.96. The van der Waals surface area contributed by atoms with Crippen LogP contribution < -0.4 is 5.32 Å². The van der Waals surface area contributed by atoms with Gasteiger partial charge in [-0.2, -0.15) is 5.10 Å². The summed E-state index contributed by atoms with van der Waals surface area (Å²) < 4.78 is 0. The summed E-state index contributed by atoms with van der Waals surface area (Å²) >= 11 is 5.85. The van der Waals surface area contributed by atoms with Crippen molar-refractivity contribution in [3.05, 3.63) is 41.0 Å². The number of hydrogen-bond donors (Lipinski definition) is 3. The lowest BCUT2D eigenvalue weighted by atomic mass is 10.0. The lowest BCUT2D eigenvalue weighted by Crippen LogP contribution is -2.29. The Hall–Kier alpha value is -1.85. The third kappa shape index (κ3) is 4.58. The number of H-pyrrole nitrogens is 1. The van der Waals surface area contributed by atoms with Crippen molar-refractivity contribution < 1.29 is 9.90 Å². The van der Waals surface area contributed by atoms with Crippen molar-refractivity contribution in [2.24, 2.45) is 5.92 Å². The van der Waals surface area contributed by atoms with Crippen molar-refractivity contribution in [3.8, 4) is 11.3 Å². The standard InChI is InChI=1S/C16H20ClN3O2/c1-10(7-11(2)21)9-18-16(22)15-8-14(19-20-15)12-3-5-13(17)6-4-12/h3-6,8,10-11,21H,7,9H2,1-2H3,(H,18,22)(H,19,20). The molecule has 5 nitrogen and oxygen atoms in total. The van der Waals surface area contributed by atoms with Crippen LogP contribution in [0.25, 0.3) is 11.3 Å². The van der Waals surface area contributed by atoms with Crippen molar-refractivity contribution in [1.29, 1.82) is 0 Å². The van der Waals surface area contributed by atoms with Gasteiger partial charge in [-0.3, -0.25) is 9.89 Å². The van der Waals surface area contributed by atoms with Crippen molar-refractivity contribution in [1.82, 2.24) is 15.5 Å². The second kappa shape index (κ2) is 7.42. The number of halogens is 1. The lowest BCUT2D eigenvalue weighted by Gasteiger charge is -2.13. The third-order valence-corrected chi connectivity index (χ3v) is 3.57. The van der Waals surface area contributed by atoms with E-state index in [0.29, 0.717) is 29.4 Å². The number of aliphatic hydroxyl groups excluding tert-OH is 1. The highest BCUT2D eigenvalue weighted by atomic mass is 35.5. The van der Waals surface area contributed by atoms with Crippen molar-refractivity contribution >= 4 is 17.5 Å². The van der Waals surface area contributed by atoms with E-state index < -0.39 is 0 Å². The predicted octanol–water partition coefficient (Wildman–Crippen LogP) is 2.87. The number of rotatable bonds is 6. The van der Waals surface area contributed by atoms with E-state index >= 15 is 0 Å². The minimum atomic E-state index is -0.365. The van der Waals surface area contributed by atoms with Crippen LogP contribution in [0.2, 0.25) is 5.02 Å². The Bertz CT molecular complexity index is 623. The molecular weight excluding hydrogens is 302 g/mol. The van der Waals surface area contributed by atoms with E-state index in [-0.39, 0.29) is 17.9 Å². The fourth-order valence-electron chi connectivity index (χ4n) is 2.23. The molecular formula is C16H20ClN3O2. The fourth-order valence-corrected chi connectivity index (χ4v) is 2.36. The quantitative estimate of drug-likeness (QED) is 0.765. The molecule has 0 spiro atoms. The highest BCUT2D eigenvalue weighted by Crippen LogP contribution is 2.20. The largest absolute Gasteiger partial charge is 0.393 e. The molecule has 0 saturated heterocycles. The van der Waals surface area contributed by atoms with Crippen LogP contribution in [0.15, 0.2) is 30.3 Å². The Morgan fingerprint density at radius 2 is 2.05 bits per heavy atom. The molecule has 1 heterocycles. The van der Waals surface area contributed by atoms with Gasteiger partial charge in [0.15, 0.2) is 0 Å². The van der Waals surface area contributed by atoms with Crippen LogP contribution in [-0.2, 0) is 0 Å². The molecule has 2 aromatic rings. The minimum absolute atomic E-state index is 0.204. The summed E-state index contributed by atoms with van der Waals surface area (Å²) in [6.07, 6.45) is 0.287. The molecule has 118 valence electrons. The molecule has 0 fully saturated rings. The van der Waals surface area contributed by atoms with Gasteiger partial charge in [0.1, 0.15) is 5.69 Å². The number of nitrogens with one attached hydrogen (secondary N) is 2. The van der Waals surface area contributed by atoms with E-state index in [9.17, 15) is 9.90 Å². The summed E-state index contributed by atoms with van der Waals surface area (Å²) in [6.45, 7) is 4.24. The second-order valence-electron chi connectivity index (χ2n) is 5.57. The van der Waals surface area contributed by atoms with Gasteiger partial charge in [0.05, 0.1) is 11.8 Å². The SMILES string of the molecule is CC(O)CC(C)CNC(=O)c1cc(-c2ccc(Cl)cc2)n[nH]1. The number of amides is 1. The summed E-state index contributed by atoms with van der Waals surface area (Å²) in [5.74, 6) is 0.00719. The summed E-state index contributed by atoms with van der Waals surface area (Å²) in [6, 6.07) is 8.97. The molecule has 2 rings (SSSR count). The minimum Gasteiger partial charge on any atom is -0.393 e. The Kier molecular flexibility index (Phi) is 5.57. The van der Waals surface area contributed by atoms with Crippen LogP contribution in [0.1, 0.15) is 30.8 Å². The first-order chi connectivity index (χ1) is 10.5. The second-order valence-corrected chi connectivity index (χ2v) is 6.01. The summed E-state index contributed by atoms with van der Waals surface area (Å²) in [4.78, 5) is 12.1. The zero-order valence-corrected chi connectivity index (χ0v) is 13.4. The monoisotopic (exact) mass is 321 g/mol. The van der Waals surface area contributed by atoms with Crippen LogP contribution in [0.5, 0.6) is 0 Å². The molecule has 1 amide bonds. The number of carbonyl (C=O) groups is 1. The summed E-state index contributed by atoms with van der Waals surface area (Å²) in [5.41, 5.74) is 2.00. The van der Waals surface area contributed by atoms with Gasteiger partial charge in [-0.05, 0) is 37.5 Å². The van der Waals surface area contributed by atoms with Gasteiger partial charge in [-0.1, -0.05) is 30.7 Å². The van der Waals surface area contributed by atoms with E-state index in [1.165, 1.54) is 0 Å². The number of nitrogens with zero attached hydrogens (tertiary/aromatic N) is 1. The summed E-state index contributed by atoms with van der Waals surface area (Å²) in [7, 11) is 0. The molecule has 1 aromatic carbocycles. The van der Waals surface area contributed by atoms with Crippen molar-refractivity contribution in [2.75, 3.05) is 6.54 Å². The first-order valence-corrected chi connectivity index (χ1v) is 7.61. The fraction of sp³-hybridized carbons (Fsp3) is 0.375. The van der Waals surface area contributed by atoms with Crippen LogP contribution in [0.4, 0.5) is 0 Å². The van der Waals surface area contributed by atoms with Crippen molar-refractivity contribution in [3.63, 3.8) is 0 Å². The molecule has 3 N–H and O–H groups in total. The third-order valence-electron chi connectivity index (χ3n) is 3.32. The van der Waals surface area contributed by atoms with E-state index in [1.54, 1.807) is 25.1 Å². The Morgan fingerprint density at radius 1 is 1.36 bits per heavy atom. The van der Waals surface area contributed by atoms with Gasteiger partial charge in [0, 0.05) is 17.1 Å². The maximum atomic E-state index is 12.1. The highest BCUT2D eigenvalue weighted by molar-refractivity contribution is 6.30. The Labute approximate surface area is 134 Å². The molecule has 22 heavy (non-hydrogen) atoms. The first-order valence-electron chi connectivity index (χ1n) is 7.23. The maximum Gasteiger partial charge on any atom is 0.269 e. The number of hydrogen-bond acceptors (Lipinski definition) is 3. The van der Waals surface area contributed by atoms with Gasteiger partial charge in [0.25, 0.3) is 5.91 Å². The lowest BCUT2D eigenvalue weighted by molar-refractivity contribution is 0.0934. The maximum absolute atomic E-state index is 12.1. The normalized spacial score (nSPS) is 13.6. The number of aliphatic hydroxyl groups is 1. The molecule has 0 bridgehead atoms. The Morgan fingerprint density at radius 3 is 2.68 bits per heavy atom. The highest BCUT2D eigenvalue weighted by Gasteiger charge is 2.13. The van der Waals surface area contributed by atoms with Gasteiger partial charge in [-0.25, -0.2) is 0 Å². The predicted molar refractivity (Wildman–Crippen MR) is 86.8 cm³/mol. The van der Waals surface area contributed by atoms with Crippen molar-refractivity contribution in [2.45, 2.75) is 26.4 Å². The van der Waals surface area contributed by atoms with E-state index in [4.69, 9.17) is 11.6 Å². The summed E-state index contributed by atoms with van der Waals surface area (Å²) in [5, 5.41) is 19.7. The molecule has 0 aliphatic heterocycles. The van der Waals surface area contributed by atoms with E-state index in [1.807, 2.05) is 19.1 Å². The van der Waals surface area contributed by atoms with E-state index in [2.05, 4.69) is 15.5 Å². The number of benzene rings is 1. The smallest absolute Gasteiger partial charge is 0.269 e. The van der Waals surface area contributed by atoms with Crippen LogP contribution in [-0.4, -0.2) is 33.9 Å². The average molecular weight is 322 g/mol. The molecule has 2 atom stereocenters. The van der Waals surface area contributed by atoms with Crippen LogP contribution >= 0.6 is 11.6 Å². The molecule has 6 heteroatoms. The average Bonchev–Trinajstić information content (AvgIpc) is 2.94. The van der Waals surface area contributed by atoms with Gasteiger partial charge >= 0.3 is 0 Å².